The van der Waals surface area contributed by atoms with Crippen molar-refractivity contribution in [3.05, 3.63) is 54.2 Å². The number of hydrogen-bond acceptors (Lipinski definition) is 6. The van der Waals surface area contributed by atoms with Crippen LogP contribution < -0.4 is 0 Å². The third-order valence-corrected chi connectivity index (χ3v) is 4.36. The van der Waals surface area contributed by atoms with Gasteiger partial charge in [-0.25, -0.2) is 17.8 Å². The first-order valence-electron chi connectivity index (χ1n) is 6.27. The van der Waals surface area contributed by atoms with Crippen molar-refractivity contribution in [3.63, 3.8) is 0 Å². The largest absolute Gasteiger partial charge is 0.340 e. The van der Waals surface area contributed by atoms with Crippen LogP contribution in [0, 0.1) is 12.7 Å². The van der Waals surface area contributed by atoms with Crippen LogP contribution in [-0.2, 0) is 15.6 Å². The summed E-state index contributed by atoms with van der Waals surface area (Å²) in [5.41, 5.74) is 0.361. The number of aromatic nitrogens is 4. The topological polar surface area (TPSA) is 90.9 Å². The maximum absolute atomic E-state index is 13.3. The standard InChI is InChI=1S/C13H11FN4O3S/c1-9-16-12(17-21-9)8-22(19,20)13-15-5-6-18(13)11-4-2-3-10(14)7-11/h2-7H,8H2,1H3. The second-order valence-corrected chi connectivity index (χ2v) is 6.43. The van der Waals surface area contributed by atoms with Crippen LogP contribution in [0.2, 0.25) is 0 Å². The van der Waals surface area contributed by atoms with Crippen molar-refractivity contribution in [2.75, 3.05) is 0 Å². The Kier molecular flexibility index (Phi) is 3.49. The van der Waals surface area contributed by atoms with Crippen molar-refractivity contribution in [1.29, 1.82) is 0 Å². The molecule has 0 saturated heterocycles. The van der Waals surface area contributed by atoms with Gasteiger partial charge >= 0.3 is 0 Å². The lowest BCUT2D eigenvalue weighted by Crippen LogP contribution is -2.12. The van der Waals surface area contributed by atoms with Crippen LogP contribution in [0.25, 0.3) is 5.69 Å². The van der Waals surface area contributed by atoms with Crippen molar-refractivity contribution < 1.29 is 17.3 Å². The molecule has 9 heteroatoms. The first-order chi connectivity index (χ1) is 10.5. The molecule has 1 aromatic carbocycles. The van der Waals surface area contributed by atoms with Crippen LogP contribution in [0.5, 0.6) is 0 Å². The first-order valence-corrected chi connectivity index (χ1v) is 7.92. The number of aryl methyl sites for hydroxylation is 1. The Bertz CT molecular complexity index is 917. The van der Waals surface area contributed by atoms with Gasteiger partial charge in [0.1, 0.15) is 11.6 Å². The van der Waals surface area contributed by atoms with Crippen molar-refractivity contribution in [1.82, 2.24) is 19.7 Å². The Morgan fingerprint density at radius 3 is 2.86 bits per heavy atom. The molecule has 0 unspecified atom stereocenters. The van der Waals surface area contributed by atoms with Gasteiger partial charge in [-0.15, -0.1) is 0 Å². The molecule has 0 N–H and O–H groups in total. The van der Waals surface area contributed by atoms with E-state index in [-0.39, 0.29) is 16.9 Å². The fourth-order valence-corrected chi connectivity index (χ4v) is 3.25. The molecule has 0 radical (unpaired) electrons. The van der Waals surface area contributed by atoms with E-state index in [9.17, 15) is 12.8 Å². The minimum absolute atomic E-state index is 0.0475. The average molecular weight is 322 g/mol. The highest BCUT2D eigenvalue weighted by molar-refractivity contribution is 7.90. The molecule has 22 heavy (non-hydrogen) atoms. The number of sulfone groups is 1. The lowest BCUT2D eigenvalue weighted by molar-refractivity contribution is 0.388. The van der Waals surface area contributed by atoms with E-state index in [4.69, 9.17) is 4.52 Å². The zero-order chi connectivity index (χ0) is 15.7. The van der Waals surface area contributed by atoms with E-state index in [1.54, 1.807) is 13.0 Å². The minimum Gasteiger partial charge on any atom is -0.340 e. The van der Waals surface area contributed by atoms with Crippen molar-refractivity contribution in [2.45, 2.75) is 17.8 Å². The van der Waals surface area contributed by atoms with E-state index in [0.29, 0.717) is 5.69 Å². The summed E-state index contributed by atoms with van der Waals surface area (Å²) < 4.78 is 44.3. The third-order valence-electron chi connectivity index (χ3n) is 2.86. The number of nitrogens with zero attached hydrogens (tertiary/aromatic N) is 4. The fraction of sp³-hybridized carbons (Fsp3) is 0.154. The van der Waals surface area contributed by atoms with Crippen molar-refractivity contribution in [2.24, 2.45) is 0 Å². The summed E-state index contributed by atoms with van der Waals surface area (Å²) in [7, 11) is -3.80. The Labute approximate surface area is 125 Å². The summed E-state index contributed by atoms with van der Waals surface area (Å²) in [6.07, 6.45) is 2.78. The highest BCUT2D eigenvalue weighted by Crippen LogP contribution is 2.18. The van der Waals surface area contributed by atoms with Crippen molar-refractivity contribution in [3.8, 4) is 5.69 Å². The molecular weight excluding hydrogens is 311 g/mol. The van der Waals surface area contributed by atoms with Crippen LogP contribution in [0.15, 0.2) is 46.3 Å². The van der Waals surface area contributed by atoms with Gasteiger partial charge in [0.15, 0.2) is 5.82 Å². The summed E-state index contributed by atoms with van der Waals surface area (Å²) >= 11 is 0. The van der Waals surface area contributed by atoms with E-state index in [1.807, 2.05) is 0 Å². The molecule has 114 valence electrons. The molecule has 3 aromatic rings. The van der Waals surface area contributed by atoms with Crippen LogP contribution in [0.1, 0.15) is 11.7 Å². The van der Waals surface area contributed by atoms with Gasteiger partial charge in [-0.1, -0.05) is 11.2 Å². The number of halogens is 1. The first kappa shape index (κ1) is 14.4. The fourth-order valence-electron chi connectivity index (χ4n) is 1.98. The molecule has 2 heterocycles. The lowest BCUT2D eigenvalue weighted by atomic mass is 10.3. The van der Waals surface area contributed by atoms with Crippen LogP contribution >= 0.6 is 0 Å². The molecule has 0 aliphatic rings. The second-order valence-electron chi connectivity index (χ2n) is 4.55. The SMILES string of the molecule is Cc1nc(CS(=O)(=O)c2nccn2-c2cccc(F)c2)no1. The molecule has 0 aliphatic heterocycles. The molecule has 0 saturated carbocycles. The van der Waals surface area contributed by atoms with E-state index >= 15 is 0 Å². The molecule has 2 aromatic heterocycles. The van der Waals surface area contributed by atoms with E-state index in [2.05, 4.69) is 15.1 Å². The van der Waals surface area contributed by atoms with Crippen molar-refractivity contribution >= 4 is 9.84 Å². The number of rotatable bonds is 4. The predicted octanol–water partition coefficient (Wildman–Crippen LogP) is 1.68. The molecule has 7 nitrogen and oxygen atoms in total. The molecular formula is C13H11FN4O3S. The zero-order valence-corrected chi connectivity index (χ0v) is 12.3. The molecule has 3 rings (SSSR count). The van der Waals surface area contributed by atoms with Gasteiger partial charge in [0.2, 0.25) is 20.9 Å². The van der Waals surface area contributed by atoms with Gasteiger partial charge in [0.05, 0.1) is 5.69 Å². The molecule has 0 spiro atoms. The second kappa shape index (κ2) is 5.34. The van der Waals surface area contributed by atoms with Gasteiger partial charge in [-0.3, -0.25) is 4.57 Å². The van der Waals surface area contributed by atoms with Crippen LogP contribution in [-0.4, -0.2) is 28.1 Å². The highest BCUT2D eigenvalue weighted by atomic mass is 32.2. The summed E-state index contributed by atoms with van der Waals surface area (Å²) in [4.78, 5) is 7.73. The average Bonchev–Trinajstić information content (AvgIpc) is 3.08. The number of hydrogen-bond donors (Lipinski definition) is 0. The molecule has 0 bridgehead atoms. The summed E-state index contributed by atoms with van der Waals surface area (Å²) in [6.45, 7) is 1.57. The van der Waals surface area contributed by atoms with Gasteiger partial charge in [-0.05, 0) is 18.2 Å². The van der Waals surface area contributed by atoms with Crippen LogP contribution in [0.3, 0.4) is 0 Å². The maximum Gasteiger partial charge on any atom is 0.232 e. The lowest BCUT2D eigenvalue weighted by Gasteiger charge is -2.07. The van der Waals surface area contributed by atoms with Gasteiger partial charge < -0.3 is 4.52 Å². The Morgan fingerprint density at radius 1 is 1.36 bits per heavy atom. The number of benzene rings is 1. The summed E-state index contributed by atoms with van der Waals surface area (Å²) in [6, 6.07) is 5.57. The quantitative estimate of drug-likeness (QED) is 0.726. The van der Waals surface area contributed by atoms with E-state index in [0.717, 1.165) is 0 Å². The summed E-state index contributed by atoms with van der Waals surface area (Å²) in [5.74, 6) is -0.593. The highest BCUT2D eigenvalue weighted by Gasteiger charge is 2.24. The third kappa shape index (κ3) is 2.75. The zero-order valence-electron chi connectivity index (χ0n) is 11.5. The Balaban J connectivity index is 2.00. The maximum atomic E-state index is 13.3. The van der Waals surface area contributed by atoms with Gasteiger partial charge in [-0.2, -0.15) is 4.98 Å². The molecule has 0 aliphatic carbocycles. The van der Waals surface area contributed by atoms with Gasteiger partial charge in [0, 0.05) is 19.3 Å². The smallest absolute Gasteiger partial charge is 0.232 e. The van der Waals surface area contributed by atoms with E-state index in [1.165, 1.54) is 35.2 Å². The number of imidazole rings is 1. The monoisotopic (exact) mass is 322 g/mol. The Morgan fingerprint density at radius 2 is 2.18 bits per heavy atom. The minimum atomic E-state index is -3.80. The molecule has 0 amide bonds. The summed E-state index contributed by atoms with van der Waals surface area (Å²) in [5, 5.41) is 3.36. The van der Waals surface area contributed by atoms with E-state index < -0.39 is 21.4 Å². The normalized spacial score (nSPS) is 11.7. The molecule has 0 fully saturated rings. The van der Waals surface area contributed by atoms with Gasteiger partial charge in [0.25, 0.3) is 0 Å². The molecule has 0 atom stereocenters. The van der Waals surface area contributed by atoms with Crippen LogP contribution in [0.4, 0.5) is 4.39 Å². The Hall–Kier alpha value is -2.55. The predicted molar refractivity (Wildman–Crippen MR) is 73.4 cm³/mol.